The SMILES string of the molecule is COC(=O)CN1CCCN(C2CCCC2)CC1. The first-order chi connectivity index (χ1) is 8.29. The molecule has 0 bridgehead atoms. The average Bonchev–Trinajstić information content (AvgIpc) is 2.77. The topological polar surface area (TPSA) is 32.8 Å². The molecule has 4 heteroatoms. The number of esters is 1. The van der Waals surface area contributed by atoms with Gasteiger partial charge in [-0.15, -0.1) is 0 Å². The lowest BCUT2D eigenvalue weighted by atomic mass is 10.2. The van der Waals surface area contributed by atoms with Crippen molar-refractivity contribution >= 4 is 5.97 Å². The first kappa shape index (κ1) is 12.8. The maximum Gasteiger partial charge on any atom is 0.319 e. The molecule has 0 unspecified atom stereocenters. The van der Waals surface area contributed by atoms with Crippen LogP contribution >= 0.6 is 0 Å². The number of ether oxygens (including phenoxy) is 1. The molecular formula is C13H24N2O2. The van der Waals surface area contributed by atoms with Gasteiger partial charge in [0.2, 0.25) is 0 Å². The molecule has 0 atom stereocenters. The fraction of sp³-hybridized carbons (Fsp3) is 0.923. The Morgan fingerprint density at radius 1 is 1.12 bits per heavy atom. The van der Waals surface area contributed by atoms with E-state index in [0.29, 0.717) is 6.54 Å². The molecule has 0 radical (unpaired) electrons. The third-order valence-corrected chi connectivity index (χ3v) is 4.04. The van der Waals surface area contributed by atoms with Gasteiger partial charge in [-0.1, -0.05) is 12.8 Å². The lowest BCUT2D eigenvalue weighted by Crippen LogP contribution is -2.38. The van der Waals surface area contributed by atoms with E-state index in [9.17, 15) is 4.79 Å². The molecule has 0 aromatic carbocycles. The molecule has 0 aromatic heterocycles. The lowest BCUT2D eigenvalue weighted by Gasteiger charge is -2.27. The van der Waals surface area contributed by atoms with Gasteiger partial charge >= 0.3 is 5.97 Å². The van der Waals surface area contributed by atoms with E-state index < -0.39 is 0 Å². The van der Waals surface area contributed by atoms with Gasteiger partial charge in [0.1, 0.15) is 0 Å². The molecule has 0 spiro atoms. The number of carbonyl (C=O) groups excluding carboxylic acids is 1. The largest absolute Gasteiger partial charge is 0.468 e. The Balaban J connectivity index is 1.78. The van der Waals surface area contributed by atoms with Gasteiger partial charge in [-0.3, -0.25) is 14.6 Å². The number of methoxy groups -OCH3 is 1. The van der Waals surface area contributed by atoms with Crippen molar-refractivity contribution in [2.75, 3.05) is 39.8 Å². The van der Waals surface area contributed by atoms with Gasteiger partial charge in [0, 0.05) is 25.7 Å². The van der Waals surface area contributed by atoms with Crippen LogP contribution in [0, 0.1) is 0 Å². The van der Waals surface area contributed by atoms with E-state index in [2.05, 4.69) is 9.80 Å². The Morgan fingerprint density at radius 3 is 2.59 bits per heavy atom. The van der Waals surface area contributed by atoms with E-state index in [1.165, 1.54) is 45.8 Å². The van der Waals surface area contributed by atoms with Gasteiger partial charge in [0.15, 0.2) is 0 Å². The highest BCUT2D eigenvalue weighted by atomic mass is 16.5. The smallest absolute Gasteiger partial charge is 0.319 e. The summed E-state index contributed by atoms with van der Waals surface area (Å²) in [4.78, 5) is 16.1. The summed E-state index contributed by atoms with van der Waals surface area (Å²) in [6.45, 7) is 4.79. The van der Waals surface area contributed by atoms with Gasteiger partial charge in [0.05, 0.1) is 13.7 Å². The van der Waals surface area contributed by atoms with Crippen molar-refractivity contribution in [2.45, 2.75) is 38.1 Å². The maximum atomic E-state index is 11.3. The van der Waals surface area contributed by atoms with Gasteiger partial charge in [-0.05, 0) is 25.8 Å². The molecule has 1 saturated carbocycles. The molecule has 1 aliphatic heterocycles. The minimum atomic E-state index is -0.112. The summed E-state index contributed by atoms with van der Waals surface area (Å²) in [5.41, 5.74) is 0. The minimum Gasteiger partial charge on any atom is -0.468 e. The van der Waals surface area contributed by atoms with Crippen molar-refractivity contribution in [1.29, 1.82) is 0 Å². The van der Waals surface area contributed by atoms with Gasteiger partial charge in [-0.2, -0.15) is 0 Å². The Labute approximate surface area is 104 Å². The fourth-order valence-electron chi connectivity index (χ4n) is 3.03. The van der Waals surface area contributed by atoms with Crippen LogP contribution in [0.4, 0.5) is 0 Å². The normalized spacial score (nSPS) is 24.8. The summed E-state index contributed by atoms with van der Waals surface area (Å²) >= 11 is 0. The van der Waals surface area contributed by atoms with Crippen LogP contribution in [-0.2, 0) is 9.53 Å². The lowest BCUT2D eigenvalue weighted by molar-refractivity contribution is -0.141. The van der Waals surface area contributed by atoms with Crippen LogP contribution in [0.1, 0.15) is 32.1 Å². The van der Waals surface area contributed by atoms with Gasteiger partial charge in [-0.25, -0.2) is 0 Å². The number of hydrogen-bond donors (Lipinski definition) is 0. The fourth-order valence-corrected chi connectivity index (χ4v) is 3.03. The first-order valence-electron chi connectivity index (χ1n) is 6.83. The van der Waals surface area contributed by atoms with Crippen molar-refractivity contribution in [1.82, 2.24) is 9.80 Å². The quantitative estimate of drug-likeness (QED) is 0.692. The molecule has 2 fully saturated rings. The van der Waals surface area contributed by atoms with Crippen LogP contribution in [0.25, 0.3) is 0 Å². The summed E-state index contributed by atoms with van der Waals surface area (Å²) in [7, 11) is 1.46. The summed E-state index contributed by atoms with van der Waals surface area (Å²) in [6.07, 6.45) is 6.71. The zero-order chi connectivity index (χ0) is 12.1. The molecule has 98 valence electrons. The molecule has 0 aromatic rings. The highest BCUT2D eigenvalue weighted by Gasteiger charge is 2.25. The second kappa shape index (κ2) is 6.36. The molecule has 2 aliphatic rings. The molecule has 1 saturated heterocycles. The molecule has 1 aliphatic carbocycles. The van der Waals surface area contributed by atoms with Crippen molar-refractivity contribution in [3.05, 3.63) is 0 Å². The third kappa shape index (κ3) is 3.68. The highest BCUT2D eigenvalue weighted by molar-refractivity contribution is 5.71. The number of carbonyl (C=O) groups is 1. The van der Waals surface area contributed by atoms with Crippen LogP contribution in [0.3, 0.4) is 0 Å². The Hall–Kier alpha value is -0.610. The van der Waals surface area contributed by atoms with E-state index >= 15 is 0 Å². The second-order valence-electron chi connectivity index (χ2n) is 5.18. The zero-order valence-electron chi connectivity index (χ0n) is 10.9. The monoisotopic (exact) mass is 240 g/mol. The second-order valence-corrected chi connectivity index (χ2v) is 5.18. The number of hydrogen-bond acceptors (Lipinski definition) is 4. The third-order valence-electron chi connectivity index (χ3n) is 4.04. The zero-order valence-corrected chi connectivity index (χ0v) is 10.9. The van der Waals surface area contributed by atoms with Crippen LogP contribution < -0.4 is 0 Å². The predicted octanol–water partition coefficient (Wildman–Crippen LogP) is 1.11. The number of rotatable bonds is 3. The van der Waals surface area contributed by atoms with Crippen LogP contribution in [-0.4, -0.2) is 61.6 Å². The van der Waals surface area contributed by atoms with E-state index in [0.717, 1.165) is 25.7 Å². The Kier molecular flexibility index (Phi) is 4.80. The van der Waals surface area contributed by atoms with Gasteiger partial charge in [0.25, 0.3) is 0 Å². The molecule has 4 nitrogen and oxygen atoms in total. The van der Waals surface area contributed by atoms with Crippen molar-refractivity contribution < 1.29 is 9.53 Å². The summed E-state index contributed by atoms with van der Waals surface area (Å²) in [6, 6.07) is 0.813. The molecule has 2 rings (SSSR count). The first-order valence-corrected chi connectivity index (χ1v) is 6.83. The Bertz CT molecular complexity index is 252. The van der Waals surface area contributed by atoms with E-state index in [1.54, 1.807) is 0 Å². The van der Waals surface area contributed by atoms with Crippen LogP contribution in [0.2, 0.25) is 0 Å². The van der Waals surface area contributed by atoms with Crippen molar-refractivity contribution in [3.63, 3.8) is 0 Å². The van der Waals surface area contributed by atoms with E-state index in [1.807, 2.05) is 0 Å². The highest BCUT2D eigenvalue weighted by Crippen LogP contribution is 2.24. The average molecular weight is 240 g/mol. The summed E-state index contributed by atoms with van der Waals surface area (Å²) in [5, 5.41) is 0. The standard InChI is InChI=1S/C13H24N2O2/c1-17-13(16)11-14-7-4-8-15(10-9-14)12-5-2-3-6-12/h12H,2-11H2,1H3. The summed E-state index contributed by atoms with van der Waals surface area (Å²) < 4.78 is 4.73. The predicted molar refractivity (Wildman–Crippen MR) is 66.9 cm³/mol. The molecule has 0 amide bonds. The van der Waals surface area contributed by atoms with E-state index in [4.69, 9.17) is 4.74 Å². The molecular weight excluding hydrogens is 216 g/mol. The van der Waals surface area contributed by atoms with Crippen molar-refractivity contribution in [3.8, 4) is 0 Å². The van der Waals surface area contributed by atoms with Gasteiger partial charge < -0.3 is 4.74 Å². The molecule has 0 N–H and O–H groups in total. The molecule has 17 heavy (non-hydrogen) atoms. The van der Waals surface area contributed by atoms with Crippen LogP contribution in [0.15, 0.2) is 0 Å². The van der Waals surface area contributed by atoms with E-state index in [-0.39, 0.29) is 5.97 Å². The van der Waals surface area contributed by atoms with Crippen LogP contribution in [0.5, 0.6) is 0 Å². The minimum absolute atomic E-state index is 0.112. The molecule has 1 heterocycles. The Morgan fingerprint density at radius 2 is 1.88 bits per heavy atom. The maximum absolute atomic E-state index is 11.3. The summed E-state index contributed by atoms with van der Waals surface area (Å²) in [5.74, 6) is -0.112. The van der Waals surface area contributed by atoms with Crippen molar-refractivity contribution in [2.24, 2.45) is 0 Å². The number of nitrogens with zero attached hydrogens (tertiary/aromatic N) is 2.